The second-order valence-corrected chi connectivity index (χ2v) is 3.50. The van der Waals surface area contributed by atoms with Crippen molar-refractivity contribution < 1.29 is 19.0 Å². The van der Waals surface area contributed by atoms with Crippen LogP contribution in [0.4, 0.5) is 8.78 Å². The Hall–Kier alpha value is -1.51. The number of halogens is 2. The Bertz CT molecular complexity index is 429. The van der Waals surface area contributed by atoms with E-state index < -0.39 is 23.8 Å². The van der Waals surface area contributed by atoms with Crippen LogP contribution in [0.25, 0.3) is 0 Å². The predicted octanol–water partition coefficient (Wildman–Crippen LogP) is 1.58. The number of nitriles is 1. The van der Waals surface area contributed by atoms with Crippen molar-refractivity contribution in [1.29, 1.82) is 5.26 Å². The first-order valence-electron chi connectivity index (χ1n) is 4.66. The molecule has 86 valence electrons. The minimum atomic E-state index is -1.53. The second-order valence-electron chi connectivity index (χ2n) is 3.50. The van der Waals surface area contributed by atoms with Crippen molar-refractivity contribution >= 4 is 0 Å². The number of nitrogens with zero attached hydrogens (tertiary/aromatic N) is 1. The van der Waals surface area contributed by atoms with E-state index in [0.717, 1.165) is 6.07 Å². The van der Waals surface area contributed by atoms with E-state index in [0.29, 0.717) is 6.07 Å². The van der Waals surface area contributed by atoms with Crippen molar-refractivity contribution in [3.05, 3.63) is 34.9 Å². The molecule has 0 aromatic heterocycles. The topological polar surface area (TPSA) is 64.2 Å². The van der Waals surface area contributed by atoms with Crippen LogP contribution in [-0.4, -0.2) is 16.3 Å². The van der Waals surface area contributed by atoms with Crippen molar-refractivity contribution in [2.24, 2.45) is 0 Å². The van der Waals surface area contributed by atoms with Gasteiger partial charge in [0.15, 0.2) is 0 Å². The molecule has 16 heavy (non-hydrogen) atoms. The van der Waals surface area contributed by atoms with Crippen molar-refractivity contribution in [3.8, 4) is 6.07 Å². The number of benzene rings is 1. The zero-order valence-corrected chi connectivity index (χ0v) is 8.61. The second kappa shape index (κ2) is 5.01. The average Bonchev–Trinajstić information content (AvgIpc) is 2.23. The summed E-state index contributed by atoms with van der Waals surface area (Å²) in [6.07, 6.45) is -3.24. The van der Waals surface area contributed by atoms with Crippen molar-refractivity contribution in [3.63, 3.8) is 0 Å². The van der Waals surface area contributed by atoms with Gasteiger partial charge in [0, 0.05) is 11.6 Å². The lowest BCUT2D eigenvalue weighted by Gasteiger charge is -2.16. The van der Waals surface area contributed by atoms with E-state index in [4.69, 9.17) is 5.26 Å². The molecule has 0 saturated carbocycles. The van der Waals surface area contributed by atoms with Crippen LogP contribution in [0.1, 0.15) is 23.7 Å². The Balaban J connectivity index is 3.04. The van der Waals surface area contributed by atoms with Gasteiger partial charge >= 0.3 is 0 Å². The Morgan fingerprint density at radius 1 is 1.31 bits per heavy atom. The van der Waals surface area contributed by atoms with Gasteiger partial charge in [-0.1, -0.05) is 0 Å². The number of aliphatic hydroxyl groups is 2. The molecular weight excluding hydrogens is 216 g/mol. The average molecular weight is 227 g/mol. The molecular formula is C11H11F2NO2. The summed E-state index contributed by atoms with van der Waals surface area (Å²) in [5.74, 6) is -1.66. The zero-order valence-electron chi connectivity index (χ0n) is 8.61. The quantitative estimate of drug-likeness (QED) is 0.824. The van der Waals surface area contributed by atoms with E-state index in [-0.39, 0.29) is 17.5 Å². The lowest BCUT2D eigenvalue weighted by molar-refractivity contribution is 0.0194. The third-order valence-electron chi connectivity index (χ3n) is 2.26. The highest BCUT2D eigenvalue weighted by molar-refractivity contribution is 5.28. The summed E-state index contributed by atoms with van der Waals surface area (Å²) in [5.41, 5.74) is -0.0405. The van der Waals surface area contributed by atoms with Crippen molar-refractivity contribution in [1.82, 2.24) is 0 Å². The first-order valence-corrected chi connectivity index (χ1v) is 4.66. The van der Waals surface area contributed by atoms with E-state index in [1.807, 2.05) is 0 Å². The lowest BCUT2D eigenvalue weighted by atomic mass is 10.00. The molecule has 0 heterocycles. The van der Waals surface area contributed by atoms with Gasteiger partial charge in [-0.2, -0.15) is 5.26 Å². The fraction of sp³-hybridized carbons (Fsp3) is 0.364. The Morgan fingerprint density at radius 3 is 2.50 bits per heavy atom. The summed E-state index contributed by atoms with van der Waals surface area (Å²) in [6, 6.07) is 3.42. The summed E-state index contributed by atoms with van der Waals surface area (Å²) in [6.45, 7) is 1.42. The van der Waals surface area contributed by atoms with Gasteiger partial charge in [0.2, 0.25) is 0 Å². The van der Waals surface area contributed by atoms with Gasteiger partial charge in [0.1, 0.15) is 17.7 Å². The number of rotatable bonds is 3. The highest BCUT2D eigenvalue weighted by Crippen LogP contribution is 2.24. The van der Waals surface area contributed by atoms with Crippen molar-refractivity contribution in [2.75, 3.05) is 0 Å². The van der Waals surface area contributed by atoms with Crippen LogP contribution >= 0.6 is 0 Å². The molecule has 0 saturated heterocycles. The molecule has 1 rings (SSSR count). The molecule has 0 bridgehead atoms. The Morgan fingerprint density at radius 2 is 1.94 bits per heavy atom. The van der Waals surface area contributed by atoms with Gasteiger partial charge in [-0.15, -0.1) is 0 Å². The molecule has 0 radical (unpaired) electrons. The Labute approximate surface area is 91.6 Å². The summed E-state index contributed by atoms with van der Waals surface area (Å²) in [4.78, 5) is 0. The van der Waals surface area contributed by atoms with Gasteiger partial charge in [-0.05, 0) is 18.6 Å². The smallest absolute Gasteiger partial charge is 0.132 e. The third kappa shape index (κ3) is 2.54. The van der Waals surface area contributed by atoms with Crippen LogP contribution in [-0.2, 0) is 0 Å². The highest BCUT2D eigenvalue weighted by Gasteiger charge is 2.22. The van der Waals surface area contributed by atoms with E-state index in [1.165, 1.54) is 6.92 Å². The maximum absolute atomic E-state index is 13.3. The third-order valence-corrected chi connectivity index (χ3v) is 2.26. The van der Waals surface area contributed by atoms with Gasteiger partial charge in [0.05, 0.1) is 18.6 Å². The molecule has 0 amide bonds. The molecule has 3 nitrogen and oxygen atoms in total. The molecule has 0 aliphatic carbocycles. The van der Waals surface area contributed by atoms with Crippen LogP contribution in [0.15, 0.2) is 12.1 Å². The number of hydrogen-bond acceptors (Lipinski definition) is 3. The molecule has 0 aliphatic heterocycles. The number of aliphatic hydroxyl groups excluding tert-OH is 2. The number of hydrogen-bond donors (Lipinski definition) is 2. The summed E-state index contributed by atoms with van der Waals surface area (Å²) >= 11 is 0. The maximum Gasteiger partial charge on any atom is 0.132 e. The normalized spacial score (nSPS) is 14.2. The van der Waals surface area contributed by atoms with Gasteiger partial charge in [-0.25, -0.2) is 8.78 Å². The van der Waals surface area contributed by atoms with Gasteiger partial charge in [-0.3, -0.25) is 0 Å². The summed E-state index contributed by atoms with van der Waals surface area (Å²) < 4.78 is 26.2. The molecule has 2 atom stereocenters. The zero-order chi connectivity index (χ0) is 12.3. The molecule has 2 N–H and O–H groups in total. The van der Waals surface area contributed by atoms with Crippen molar-refractivity contribution in [2.45, 2.75) is 25.6 Å². The van der Waals surface area contributed by atoms with Crippen LogP contribution in [0.2, 0.25) is 0 Å². The molecule has 1 aromatic carbocycles. The van der Waals surface area contributed by atoms with Crippen LogP contribution in [0.3, 0.4) is 0 Å². The fourth-order valence-corrected chi connectivity index (χ4v) is 1.32. The lowest BCUT2D eigenvalue weighted by Crippen LogP contribution is -2.19. The monoisotopic (exact) mass is 227 g/mol. The van der Waals surface area contributed by atoms with E-state index >= 15 is 0 Å². The predicted molar refractivity (Wildman–Crippen MR) is 52.3 cm³/mol. The van der Waals surface area contributed by atoms with E-state index in [1.54, 1.807) is 6.07 Å². The Kier molecular flexibility index (Phi) is 3.93. The summed E-state index contributed by atoms with van der Waals surface area (Å²) in [7, 11) is 0. The first kappa shape index (κ1) is 12.6. The van der Waals surface area contributed by atoms with Crippen LogP contribution in [0, 0.1) is 29.9 Å². The fourth-order valence-electron chi connectivity index (χ4n) is 1.32. The minimum absolute atomic E-state index is 0.166. The van der Waals surface area contributed by atoms with Crippen LogP contribution < -0.4 is 0 Å². The molecule has 2 unspecified atom stereocenters. The molecule has 0 spiro atoms. The minimum Gasteiger partial charge on any atom is -0.389 e. The standard InChI is InChI=1S/C11H11F2NO2/c1-6-4-7(9(13)5-8(6)12)11(16)10(15)2-3-14/h4-5,10-11,15-16H,2H2,1H3. The first-order chi connectivity index (χ1) is 7.47. The van der Waals surface area contributed by atoms with E-state index in [2.05, 4.69) is 0 Å². The largest absolute Gasteiger partial charge is 0.389 e. The van der Waals surface area contributed by atoms with Gasteiger partial charge < -0.3 is 10.2 Å². The van der Waals surface area contributed by atoms with E-state index in [9.17, 15) is 19.0 Å². The molecule has 0 fully saturated rings. The van der Waals surface area contributed by atoms with Crippen LogP contribution in [0.5, 0.6) is 0 Å². The van der Waals surface area contributed by atoms with Gasteiger partial charge in [0.25, 0.3) is 0 Å². The summed E-state index contributed by atoms with van der Waals surface area (Å²) in [5, 5.41) is 27.2. The highest BCUT2D eigenvalue weighted by atomic mass is 19.1. The number of aryl methyl sites for hydroxylation is 1. The maximum atomic E-state index is 13.3. The SMILES string of the molecule is Cc1cc(C(O)C(O)CC#N)c(F)cc1F. The molecule has 0 aliphatic rings. The molecule has 1 aromatic rings. The molecule has 5 heteroatoms.